The predicted molar refractivity (Wildman–Crippen MR) is 169 cm³/mol. The Morgan fingerprint density at radius 3 is 2.07 bits per heavy atom. The SMILES string of the molecule is CC(OC(=O)COc1ccc(N(C)S(=O)(=O)c2ccc3ccccc3c2)cc1)C(=O)Nc1ccc(Oc2ccccc2)cc1. The Morgan fingerprint density at radius 2 is 1.36 bits per heavy atom. The highest BCUT2D eigenvalue weighted by atomic mass is 32.2. The Morgan fingerprint density at radius 1 is 0.750 bits per heavy atom. The number of sulfonamides is 1. The van der Waals surface area contributed by atoms with Crippen molar-refractivity contribution in [1.29, 1.82) is 0 Å². The lowest BCUT2D eigenvalue weighted by Gasteiger charge is -2.20. The number of nitrogens with zero attached hydrogens (tertiary/aromatic N) is 1. The van der Waals surface area contributed by atoms with Gasteiger partial charge < -0.3 is 19.5 Å². The third kappa shape index (κ3) is 7.34. The monoisotopic (exact) mass is 610 g/mol. The molecule has 10 heteroatoms. The van der Waals surface area contributed by atoms with Crippen LogP contribution < -0.4 is 19.1 Å². The Kier molecular flexibility index (Phi) is 9.11. The molecule has 0 aliphatic rings. The molecule has 0 bridgehead atoms. The molecule has 224 valence electrons. The number of anilines is 2. The molecule has 0 heterocycles. The summed E-state index contributed by atoms with van der Waals surface area (Å²) >= 11 is 0. The van der Waals surface area contributed by atoms with Crippen LogP contribution in [-0.4, -0.2) is 40.1 Å². The molecule has 1 unspecified atom stereocenters. The van der Waals surface area contributed by atoms with Crippen molar-refractivity contribution in [3.63, 3.8) is 0 Å². The number of nitrogens with one attached hydrogen (secondary N) is 1. The smallest absolute Gasteiger partial charge is 0.344 e. The van der Waals surface area contributed by atoms with Crippen LogP contribution >= 0.6 is 0 Å². The fraction of sp³-hybridized carbons (Fsp3) is 0.118. The minimum Gasteiger partial charge on any atom is -0.482 e. The van der Waals surface area contributed by atoms with E-state index in [2.05, 4.69) is 5.32 Å². The number of carbonyl (C=O) groups is 2. The zero-order chi connectivity index (χ0) is 31.1. The van der Waals surface area contributed by atoms with Crippen LogP contribution in [0.2, 0.25) is 0 Å². The van der Waals surface area contributed by atoms with Crippen LogP contribution in [0.25, 0.3) is 10.8 Å². The molecular formula is C34H30N2O7S. The van der Waals surface area contributed by atoms with Crippen LogP contribution in [0.1, 0.15) is 6.92 Å². The van der Waals surface area contributed by atoms with Gasteiger partial charge in [-0.3, -0.25) is 9.10 Å². The first kappa shape index (κ1) is 30.1. The summed E-state index contributed by atoms with van der Waals surface area (Å²) in [5.74, 6) is 0.392. The van der Waals surface area contributed by atoms with E-state index in [0.717, 1.165) is 10.8 Å². The minimum absolute atomic E-state index is 0.175. The van der Waals surface area contributed by atoms with Gasteiger partial charge in [0.25, 0.3) is 15.9 Å². The fourth-order valence-electron chi connectivity index (χ4n) is 4.28. The number of ether oxygens (including phenoxy) is 3. The molecule has 44 heavy (non-hydrogen) atoms. The molecule has 0 aliphatic heterocycles. The molecule has 0 fully saturated rings. The van der Waals surface area contributed by atoms with E-state index in [9.17, 15) is 18.0 Å². The van der Waals surface area contributed by atoms with Gasteiger partial charge in [-0.15, -0.1) is 0 Å². The fourth-order valence-corrected chi connectivity index (χ4v) is 5.51. The number of esters is 1. The van der Waals surface area contributed by atoms with Crippen molar-refractivity contribution in [3.8, 4) is 17.2 Å². The first-order valence-corrected chi connectivity index (χ1v) is 15.2. The Hall–Kier alpha value is -5.35. The third-order valence-electron chi connectivity index (χ3n) is 6.71. The number of rotatable bonds is 11. The van der Waals surface area contributed by atoms with Crippen molar-refractivity contribution in [3.05, 3.63) is 121 Å². The minimum atomic E-state index is -3.81. The van der Waals surface area contributed by atoms with E-state index in [1.165, 1.54) is 18.3 Å². The van der Waals surface area contributed by atoms with Gasteiger partial charge >= 0.3 is 5.97 Å². The van der Waals surface area contributed by atoms with Crippen LogP contribution in [0.5, 0.6) is 17.2 Å². The van der Waals surface area contributed by atoms with E-state index in [-0.39, 0.29) is 4.90 Å². The quantitative estimate of drug-likeness (QED) is 0.172. The van der Waals surface area contributed by atoms with Crippen LogP contribution in [0.15, 0.2) is 126 Å². The van der Waals surface area contributed by atoms with E-state index in [4.69, 9.17) is 14.2 Å². The number of carbonyl (C=O) groups excluding carboxylic acids is 2. The van der Waals surface area contributed by atoms with E-state index in [1.54, 1.807) is 66.7 Å². The molecule has 0 radical (unpaired) electrons. The van der Waals surface area contributed by atoms with Crippen LogP contribution in [-0.2, 0) is 24.3 Å². The van der Waals surface area contributed by atoms with Crippen LogP contribution in [0.4, 0.5) is 11.4 Å². The van der Waals surface area contributed by atoms with Gasteiger partial charge in [0, 0.05) is 12.7 Å². The van der Waals surface area contributed by atoms with Crippen molar-refractivity contribution < 1.29 is 32.2 Å². The lowest BCUT2D eigenvalue weighted by Crippen LogP contribution is -2.31. The Balaban J connectivity index is 1.10. The Labute approximate surface area is 255 Å². The molecule has 1 atom stereocenters. The van der Waals surface area contributed by atoms with E-state index in [1.807, 2.05) is 54.6 Å². The number of fused-ring (bicyclic) bond motifs is 1. The average Bonchev–Trinajstić information content (AvgIpc) is 3.04. The summed E-state index contributed by atoms with van der Waals surface area (Å²) in [5.41, 5.74) is 0.931. The summed E-state index contributed by atoms with van der Waals surface area (Å²) in [5, 5.41) is 4.47. The number of hydrogen-bond acceptors (Lipinski definition) is 7. The van der Waals surface area contributed by atoms with Gasteiger partial charge in [-0.1, -0.05) is 48.5 Å². The molecular weight excluding hydrogens is 580 g/mol. The molecule has 0 spiro atoms. The normalized spacial score (nSPS) is 11.8. The van der Waals surface area contributed by atoms with Gasteiger partial charge in [-0.05, 0) is 90.5 Å². The maximum absolute atomic E-state index is 13.2. The number of hydrogen-bond donors (Lipinski definition) is 1. The summed E-state index contributed by atoms with van der Waals surface area (Å²) in [7, 11) is -2.34. The molecule has 5 rings (SSSR count). The van der Waals surface area contributed by atoms with Crippen LogP contribution in [0, 0.1) is 0 Å². The lowest BCUT2D eigenvalue weighted by molar-refractivity contribution is -0.155. The van der Waals surface area contributed by atoms with Crippen LogP contribution in [0.3, 0.4) is 0 Å². The van der Waals surface area contributed by atoms with Gasteiger partial charge in [0.15, 0.2) is 12.7 Å². The highest BCUT2D eigenvalue weighted by Crippen LogP contribution is 2.27. The number of benzene rings is 5. The zero-order valence-electron chi connectivity index (χ0n) is 24.0. The first-order valence-electron chi connectivity index (χ1n) is 13.7. The highest BCUT2D eigenvalue weighted by molar-refractivity contribution is 7.92. The largest absolute Gasteiger partial charge is 0.482 e. The maximum atomic E-state index is 13.2. The molecule has 5 aromatic rings. The summed E-state index contributed by atoms with van der Waals surface area (Å²) in [6.07, 6.45) is -1.07. The summed E-state index contributed by atoms with van der Waals surface area (Å²) in [6, 6.07) is 34.9. The standard InChI is InChI=1S/C34H30N2O7S/c1-24(34(38)35-27-13-17-31(18-14-27)43-30-10-4-3-5-11-30)42-33(37)23-41-29-19-15-28(16-20-29)36(2)44(39,40)32-21-12-25-8-6-7-9-26(25)22-32/h3-22,24H,23H2,1-2H3,(H,35,38). The van der Waals surface area contributed by atoms with Crippen molar-refractivity contribution in [2.75, 3.05) is 23.3 Å². The summed E-state index contributed by atoms with van der Waals surface area (Å²) in [4.78, 5) is 25.0. The second kappa shape index (κ2) is 13.3. The molecule has 5 aromatic carbocycles. The molecule has 1 N–H and O–H groups in total. The molecule has 9 nitrogen and oxygen atoms in total. The number of amides is 1. The second-order valence-electron chi connectivity index (χ2n) is 9.82. The first-order chi connectivity index (χ1) is 21.2. The molecule has 0 saturated heterocycles. The van der Waals surface area contributed by atoms with Gasteiger partial charge in [-0.2, -0.15) is 0 Å². The van der Waals surface area contributed by atoms with E-state index >= 15 is 0 Å². The third-order valence-corrected chi connectivity index (χ3v) is 8.50. The summed E-state index contributed by atoms with van der Waals surface area (Å²) in [6.45, 7) is 1.02. The van der Waals surface area contributed by atoms with Crippen molar-refractivity contribution in [2.45, 2.75) is 17.9 Å². The Bertz CT molecular complexity index is 1860. The summed E-state index contributed by atoms with van der Waals surface area (Å²) < 4.78 is 44.1. The molecule has 0 aromatic heterocycles. The molecule has 0 aliphatic carbocycles. The topological polar surface area (TPSA) is 111 Å². The zero-order valence-corrected chi connectivity index (χ0v) is 24.9. The number of para-hydroxylation sites is 1. The lowest BCUT2D eigenvalue weighted by atomic mass is 10.1. The molecule has 1 amide bonds. The van der Waals surface area contributed by atoms with Crippen molar-refractivity contribution in [1.82, 2.24) is 0 Å². The highest BCUT2D eigenvalue weighted by Gasteiger charge is 2.22. The van der Waals surface area contributed by atoms with E-state index in [0.29, 0.717) is 28.6 Å². The van der Waals surface area contributed by atoms with Crippen molar-refractivity contribution >= 4 is 44.0 Å². The van der Waals surface area contributed by atoms with Gasteiger partial charge in [0.05, 0.1) is 10.6 Å². The van der Waals surface area contributed by atoms with Crippen molar-refractivity contribution in [2.24, 2.45) is 0 Å². The van der Waals surface area contributed by atoms with E-state index < -0.39 is 34.6 Å². The predicted octanol–water partition coefficient (Wildman–Crippen LogP) is 6.41. The van der Waals surface area contributed by atoms with Gasteiger partial charge in [0.2, 0.25) is 0 Å². The van der Waals surface area contributed by atoms with Gasteiger partial charge in [-0.25, -0.2) is 13.2 Å². The maximum Gasteiger partial charge on any atom is 0.344 e. The van der Waals surface area contributed by atoms with Gasteiger partial charge in [0.1, 0.15) is 17.2 Å². The second-order valence-corrected chi connectivity index (χ2v) is 11.8. The molecule has 0 saturated carbocycles. The average molecular weight is 611 g/mol.